The second-order valence-corrected chi connectivity index (χ2v) is 5.34. The number of thiophene rings is 1. The summed E-state index contributed by atoms with van der Waals surface area (Å²) in [5, 5.41) is 13.3. The maximum absolute atomic E-state index is 11.7. The van der Waals surface area contributed by atoms with Crippen LogP contribution in [0.4, 0.5) is 0 Å². The first-order chi connectivity index (χ1) is 7.80. The predicted octanol–water partition coefficient (Wildman–Crippen LogP) is 1.12. The largest absolute Gasteiger partial charge is 0.481 e. The molecule has 1 atom stereocenters. The van der Waals surface area contributed by atoms with Gasteiger partial charge in [-0.25, -0.2) is 0 Å². The molecule has 0 aliphatic rings. The molecule has 1 rings (SSSR count). The normalized spacial score (nSPS) is 13.1. The number of carboxylic acid groups (broad SMARTS) is 1. The van der Waals surface area contributed by atoms with Crippen molar-refractivity contribution in [2.45, 2.75) is 31.8 Å². The van der Waals surface area contributed by atoms with Crippen LogP contribution in [0.5, 0.6) is 0 Å². The number of carbonyl (C=O) groups is 2. The molecule has 1 aromatic rings. The first kappa shape index (κ1) is 13.7. The minimum absolute atomic E-state index is 0.150. The van der Waals surface area contributed by atoms with Gasteiger partial charge in [0.1, 0.15) is 0 Å². The van der Waals surface area contributed by atoms with Crippen molar-refractivity contribution in [1.29, 1.82) is 0 Å². The lowest BCUT2D eigenvalue weighted by Crippen LogP contribution is -2.50. The highest BCUT2D eigenvalue weighted by Crippen LogP contribution is 2.22. The molecule has 0 spiro atoms. The Hall–Kier alpha value is -1.40. The molecule has 17 heavy (non-hydrogen) atoms. The minimum Gasteiger partial charge on any atom is -0.481 e. The number of rotatable bonds is 5. The summed E-state index contributed by atoms with van der Waals surface area (Å²) in [5.41, 5.74) is 4.64. The molecule has 94 valence electrons. The van der Waals surface area contributed by atoms with Gasteiger partial charge in [0.15, 0.2) is 0 Å². The zero-order chi connectivity index (χ0) is 13.1. The molecule has 0 aromatic carbocycles. The van der Waals surface area contributed by atoms with Crippen LogP contribution in [0.1, 0.15) is 31.2 Å². The Labute approximate surface area is 104 Å². The fourth-order valence-electron chi connectivity index (χ4n) is 1.23. The molecule has 1 unspecified atom stereocenters. The fraction of sp³-hybridized carbons (Fsp3) is 0.455. The Morgan fingerprint density at radius 2 is 2.24 bits per heavy atom. The lowest BCUT2D eigenvalue weighted by Gasteiger charge is -2.22. The van der Waals surface area contributed by atoms with Gasteiger partial charge in [0.2, 0.25) is 5.91 Å². The molecular weight excluding hydrogens is 240 g/mol. The van der Waals surface area contributed by atoms with E-state index in [2.05, 4.69) is 5.32 Å². The topological polar surface area (TPSA) is 92.4 Å². The van der Waals surface area contributed by atoms with Crippen LogP contribution in [0.2, 0.25) is 0 Å². The van der Waals surface area contributed by atoms with Crippen molar-refractivity contribution in [3.05, 3.63) is 22.4 Å². The van der Waals surface area contributed by atoms with E-state index in [1.807, 2.05) is 11.4 Å². The van der Waals surface area contributed by atoms with Crippen LogP contribution >= 0.6 is 11.3 Å². The molecular formula is C11H16N2O3S. The maximum Gasteiger partial charge on any atom is 0.305 e. The average molecular weight is 256 g/mol. The van der Waals surface area contributed by atoms with E-state index in [4.69, 9.17) is 10.8 Å². The number of nitrogens with one attached hydrogen (secondary N) is 1. The van der Waals surface area contributed by atoms with Gasteiger partial charge in [0.25, 0.3) is 0 Å². The fourth-order valence-corrected chi connectivity index (χ4v) is 2.01. The molecule has 0 bridgehead atoms. The minimum atomic E-state index is -1.02. The van der Waals surface area contributed by atoms with Gasteiger partial charge in [-0.3, -0.25) is 9.59 Å². The SMILES string of the molecule is CC(C)(N)C(=O)NC(CC(=O)O)c1cccs1. The Kier molecular flexibility index (Phi) is 4.25. The molecule has 1 aromatic heterocycles. The highest BCUT2D eigenvalue weighted by Gasteiger charge is 2.26. The van der Waals surface area contributed by atoms with Crippen molar-refractivity contribution in [3.8, 4) is 0 Å². The van der Waals surface area contributed by atoms with Crippen LogP contribution in [0, 0.1) is 0 Å². The molecule has 6 heteroatoms. The summed E-state index contributed by atoms with van der Waals surface area (Å²) in [4.78, 5) is 23.3. The molecule has 4 N–H and O–H groups in total. The monoisotopic (exact) mass is 256 g/mol. The first-order valence-electron chi connectivity index (χ1n) is 5.15. The molecule has 0 saturated heterocycles. The first-order valence-corrected chi connectivity index (χ1v) is 6.03. The number of carboxylic acids is 1. The van der Waals surface area contributed by atoms with Gasteiger partial charge in [-0.2, -0.15) is 0 Å². The molecule has 0 aliphatic carbocycles. The Bertz CT molecular complexity index is 395. The third-order valence-corrected chi connectivity index (χ3v) is 3.14. The lowest BCUT2D eigenvalue weighted by atomic mass is 10.0. The van der Waals surface area contributed by atoms with E-state index in [1.165, 1.54) is 11.3 Å². The van der Waals surface area contributed by atoms with E-state index in [0.29, 0.717) is 0 Å². The number of aliphatic carboxylic acids is 1. The highest BCUT2D eigenvalue weighted by molar-refractivity contribution is 7.10. The quantitative estimate of drug-likeness (QED) is 0.736. The van der Waals surface area contributed by atoms with Gasteiger partial charge in [-0.1, -0.05) is 6.07 Å². The van der Waals surface area contributed by atoms with Crippen LogP contribution in [0.3, 0.4) is 0 Å². The smallest absolute Gasteiger partial charge is 0.305 e. The van der Waals surface area contributed by atoms with E-state index >= 15 is 0 Å². The van der Waals surface area contributed by atoms with Gasteiger partial charge in [-0.15, -0.1) is 11.3 Å². The summed E-state index contributed by atoms with van der Waals surface area (Å²) in [6.07, 6.45) is -0.150. The van der Waals surface area contributed by atoms with Gasteiger partial charge >= 0.3 is 5.97 Å². The second kappa shape index (κ2) is 5.29. The van der Waals surface area contributed by atoms with Crippen LogP contribution < -0.4 is 11.1 Å². The predicted molar refractivity (Wildman–Crippen MR) is 65.7 cm³/mol. The van der Waals surface area contributed by atoms with Crippen LogP contribution in [-0.4, -0.2) is 22.5 Å². The Balaban J connectivity index is 2.79. The summed E-state index contributed by atoms with van der Waals surface area (Å²) in [6.45, 7) is 3.16. The summed E-state index contributed by atoms with van der Waals surface area (Å²) in [6, 6.07) is 3.08. The number of hydrogen-bond acceptors (Lipinski definition) is 4. The molecule has 1 amide bonds. The zero-order valence-electron chi connectivity index (χ0n) is 9.77. The maximum atomic E-state index is 11.7. The third kappa shape index (κ3) is 4.16. The Morgan fingerprint density at radius 1 is 1.59 bits per heavy atom. The van der Waals surface area contributed by atoms with Crippen molar-refractivity contribution in [1.82, 2.24) is 5.32 Å². The van der Waals surface area contributed by atoms with Crippen molar-refractivity contribution in [3.63, 3.8) is 0 Å². The number of carbonyl (C=O) groups excluding carboxylic acids is 1. The third-order valence-electron chi connectivity index (χ3n) is 2.16. The van der Waals surface area contributed by atoms with Crippen molar-refractivity contribution in [2.75, 3.05) is 0 Å². The van der Waals surface area contributed by atoms with Crippen LogP contribution in [0.15, 0.2) is 17.5 Å². The van der Waals surface area contributed by atoms with Crippen LogP contribution in [-0.2, 0) is 9.59 Å². The number of nitrogens with two attached hydrogens (primary N) is 1. The van der Waals surface area contributed by atoms with Gasteiger partial charge in [-0.05, 0) is 25.3 Å². The number of amides is 1. The van der Waals surface area contributed by atoms with Gasteiger partial charge < -0.3 is 16.2 Å². The number of hydrogen-bond donors (Lipinski definition) is 3. The molecule has 0 aliphatic heterocycles. The lowest BCUT2D eigenvalue weighted by molar-refractivity contribution is -0.138. The van der Waals surface area contributed by atoms with Crippen molar-refractivity contribution in [2.24, 2.45) is 5.73 Å². The molecule has 1 heterocycles. The molecule has 0 radical (unpaired) electrons. The highest BCUT2D eigenvalue weighted by atomic mass is 32.1. The van der Waals surface area contributed by atoms with E-state index in [9.17, 15) is 9.59 Å². The summed E-state index contributed by atoms with van der Waals surface area (Å²) in [5.74, 6) is -1.32. The van der Waals surface area contributed by atoms with E-state index < -0.39 is 17.6 Å². The summed E-state index contributed by atoms with van der Waals surface area (Å²) < 4.78 is 0. The molecule has 0 saturated carbocycles. The van der Waals surface area contributed by atoms with Gasteiger partial charge in [0, 0.05) is 4.88 Å². The second-order valence-electron chi connectivity index (χ2n) is 4.36. The summed E-state index contributed by atoms with van der Waals surface area (Å²) >= 11 is 1.41. The average Bonchev–Trinajstić information content (AvgIpc) is 2.66. The van der Waals surface area contributed by atoms with Crippen molar-refractivity contribution >= 4 is 23.2 Å². The summed E-state index contributed by atoms with van der Waals surface area (Å²) in [7, 11) is 0. The molecule has 5 nitrogen and oxygen atoms in total. The van der Waals surface area contributed by atoms with E-state index in [-0.39, 0.29) is 12.3 Å². The Morgan fingerprint density at radius 3 is 2.65 bits per heavy atom. The van der Waals surface area contributed by atoms with Crippen LogP contribution in [0.25, 0.3) is 0 Å². The standard InChI is InChI=1S/C11H16N2O3S/c1-11(2,12)10(16)13-7(6-9(14)15)8-4-3-5-17-8/h3-5,7H,6,12H2,1-2H3,(H,13,16)(H,14,15). The van der Waals surface area contributed by atoms with E-state index in [0.717, 1.165) is 4.88 Å². The van der Waals surface area contributed by atoms with Crippen molar-refractivity contribution < 1.29 is 14.7 Å². The zero-order valence-corrected chi connectivity index (χ0v) is 10.6. The van der Waals surface area contributed by atoms with E-state index in [1.54, 1.807) is 19.9 Å². The molecule has 0 fully saturated rings. The van der Waals surface area contributed by atoms with Gasteiger partial charge in [0.05, 0.1) is 18.0 Å².